The van der Waals surface area contributed by atoms with Gasteiger partial charge in [-0.3, -0.25) is 15.0 Å². The van der Waals surface area contributed by atoms with Crippen molar-refractivity contribution in [2.75, 3.05) is 4.90 Å². The first-order valence-corrected chi connectivity index (χ1v) is 8.04. The van der Waals surface area contributed by atoms with Crippen LogP contribution < -0.4 is 4.90 Å². The summed E-state index contributed by atoms with van der Waals surface area (Å²) in [5, 5.41) is 10.8. The van der Waals surface area contributed by atoms with Gasteiger partial charge in [-0.1, -0.05) is 0 Å². The number of nitro groups is 1. The van der Waals surface area contributed by atoms with Crippen molar-refractivity contribution in [1.82, 2.24) is 0 Å². The van der Waals surface area contributed by atoms with Gasteiger partial charge in [-0.15, -0.1) is 0 Å². The third kappa shape index (κ3) is 6.10. The average molecular weight is 406 g/mol. The number of nitrogens with zero attached hydrogens (tertiary/aromatic N) is 2. The van der Waals surface area contributed by atoms with Crippen LogP contribution in [0, 0.1) is 10.1 Å². The highest BCUT2D eigenvalue weighted by Crippen LogP contribution is 2.41. The zero-order chi connectivity index (χ0) is 22.1. The predicted molar refractivity (Wildman–Crippen MR) is 93.0 cm³/mol. The zero-order valence-electron chi connectivity index (χ0n) is 16.2. The zero-order valence-corrected chi connectivity index (χ0v) is 16.2. The van der Waals surface area contributed by atoms with Gasteiger partial charge < -0.3 is 9.47 Å². The lowest BCUT2D eigenvalue weighted by molar-refractivity contribution is -0.385. The summed E-state index contributed by atoms with van der Waals surface area (Å²) in [6.45, 7) is 8.76. The fourth-order valence-corrected chi connectivity index (χ4v) is 2.18. The molecule has 1 aromatic carbocycles. The van der Waals surface area contributed by atoms with Crippen LogP contribution in [0.25, 0.3) is 0 Å². The number of carbonyl (C=O) groups excluding carboxylic acids is 2. The van der Waals surface area contributed by atoms with Crippen LogP contribution in [-0.2, 0) is 15.7 Å². The van der Waals surface area contributed by atoms with E-state index in [-0.39, 0.29) is 0 Å². The molecule has 0 unspecified atom stereocenters. The fourth-order valence-electron chi connectivity index (χ4n) is 2.18. The molecular weight excluding hydrogens is 385 g/mol. The monoisotopic (exact) mass is 406 g/mol. The Morgan fingerprint density at radius 1 is 1.07 bits per heavy atom. The number of alkyl halides is 3. The quantitative estimate of drug-likeness (QED) is 0.286. The Labute approximate surface area is 159 Å². The van der Waals surface area contributed by atoms with Crippen LogP contribution in [0.15, 0.2) is 18.2 Å². The van der Waals surface area contributed by atoms with E-state index in [0.717, 1.165) is 12.1 Å². The summed E-state index contributed by atoms with van der Waals surface area (Å²) in [5.41, 5.74) is -5.17. The van der Waals surface area contributed by atoms with Crippen LogP contribution in [0.4, 0.5) is 34.1 Å². The molecule has 156 valence electrons. The van der Waals surface area contributed by atoms with E-state index in [4.69, 9.17) is 4.74 Å². The molecule has 0 aliphatic heterocycles. The molecule has 1 amide bonds. The summed E-state index contributed by atoms with van der Waals surface area (Å²) < 4.78 is 49.9. The molecule has 8 nitrogen and oxygen atoms in total. The van der Waals surface area contributed by atoms with Crippen LogP contribution in [-0.4, -0.2) is 28.3 Å². The number of hydrogen-bond donors (Lipinski definition) is 0. The summed E-state index contributed by atoms with van der Waals surface area (Å²) in [6.07, 6.45) is -7.81. The van der Waals surface area contributed by atoms with Crippen molar-refractivity contribution in [3.63, 3.8) is 0 Å². The Morgan fingerprint density at radius 2 is 1.61 bits per heavy atom. The molecule has 0 fully saturated rings. The molecule has 0 aromatic heterocycles. The molecule has 1 aromatic rings. The number of rotatable bonds is 2. The molecule has 0 spiro atoms. The summed E-state index contributed by atoms with van der Waals surface area (Å²) in [5.74, 6) is 0. The molecule has 0 bridgehead atoms. The van der Waals surface area contributed by atoms with E-state index in [9.17, 15) is 32.9 Å². The lowest BCUT2D eigenvalue weighted by atomic mass is 10.0. The van der Waals surface area contributed by atoms with E-state index < -0.39 is 51.4 Å². The minimum atomic E-state index is -5.00. The first kappa shape index (κ1) is 23.2. The highest BCUT2D eigenvalue weighted by atomic mass is 19.4. The van der Waals surface area contributed by atoms with E-state index in [1.165, 1.54) is 41.5 Å². The number of benzene rings is 1. The largest absolute Gasteiger partial charge is 0.517 e. The third-order valence-electron chi connectivity index (χ3n) is 3.15. The molecule has 1 rings (SSSR count). The number of hydrogen-bond acceptors (Lipinski definition) is 6. The Morgan fingerprint density at radius 3 is 2.00 bits per heavy atom. The number of carbonyl (C=O) groups is 2. The standard InChI is InChI=1S/C17H21F3N2O6/c1-15(2,3)21(13(23)27-14(24)28-16(4,5)6)12-8-7-10(22(25)26)9-11(12)17(18,19)20/h7-9H,1-6H3. The molecule has 28 heavy (non-hydrogen) atoms. The van der Waals surface area contributed by atoms with Gasteiger partial charge in [0.1, 0.15) is 5.60 Å². The molecule has 0 aliphatic rings. The molecule has 0 heterocycles. The smallest absolute Gasteiger partial charge is 0.428 e. The van der Waals surface area contributed by atoms with Gasteiger partial charge in [0, 0.05) is 17.7 Å². The third-order valence-corrected chi connectivity index (χ3v) is 3.15. The van der Waals surface area contributed by atoms with E-state index in [1.54, 1.807) is 0 Å². The van der Waals surface area contributed by atoms with Crippen molar-refractivity contribution in [2.45, 2.75) is 58.9 Å². The van der Waals surface area contributed by atoms with Crippen molar-refractivity contribution in [3.05, 3.63) is 33.9 Å². The van der Waals surface area contributed by atoms with Crippen molar-refractivity contribution in [1.29, 1.82) is 0 Å². The van der Waals surface area contributed by atoms with Crippen molar-refractivity contribution in [3.8, 4) is 0 Å². The normalized spacial score (nSPS) is 12.3. The number of amides is 1. The van der Waals surface area contributed by atoms with Crippen LogP contribution >= 0.6 is 0 Å². The summed E-state index contributed by atoms with van der Waals surface area (Å²) in [7, 11) is 0. The first-order valence-electron chi connectivity index (χ1n) is 8.04. The van der Waals surface area contributed by atoms with E-state index in [0.29, 0.717) is 11.0 Å². The molecule has 0 radical (unpaired) electrons. The maximum absolute atomic E-state index is 13.5. The lowest BCUT2D eigenvalue weighted by Gasteiger charge is -2.35. The molecule has 0 aliphatic carbocycles. The molecule has 0 N–H and O–H groups in total. The van der Waals surface area contributed by atoms with E-state index in [1.807, 2.05) is 0 Å². The van der Waals surface area contributed by atoms with E-state index in [2.05, 4.69) is 4.74 Å². The Bertz CT molecular complexity index is 779. The molecule has 0 atom stereocenters. The molecular formula is C17H21F3N2O6. The lowest BCUT2D eigenvalue weighted by Crippen LogP contribution is -2.48. The molecule has 0 saturated carbocycles. The second-order valence-corrected chi connectivity index (χ2v) is 7.79. The maximum Gasteiger partial charge on any atom is 0.517 e. The second kappa shape index (κ2) is 7.64. The van der Waals surface area contributed by atoms with Gasteiger partial charge >= 0.3 is 18.4 Å². The van der Waals surface area contributed by atoms with Gasteiger partial charge in [0.15, 0.2) is 0 Å². The van der Waals surface area contributed by atoms with Crippen molar-refractivity contribution in [2.24, 2.45) is 0 Å². The number of nitro benzene ring substituents is 1. The Hall–Kier alpha value is -2.85. The van der Waals surface area contributed by atoms with Crippen molar-refractivity contribution < 1.29 is 37.2 Å². The van der Waals surface area contributed by atoms with Gasteiger partial charge in [0.05, 0.1) is 16.2 Å². The highest BCUT2D eigenvalue weighted by molar-refractivity contribution is 5.95. The fraction of sp³-hybridized carbons (Fsp3) is 0.529. The summed E-state index contributed by atoms with van der Waals surface area (Å²) >= 11 is 0. The Kier molecular flexibility index (Phi) is 6.33. The molecule has 11 heteroatoms. The number of non-ortho nitro benzene ring substituents is 1. The number of ether oxygens (including phenoxy) is 2. The first-order chi connectivity index (χ1) is 12.4. The average Bonchev–Trinajstić information content (AvgIpc) is 2.42. The summed E-state index contributed by atoms with van der Waals surface area (Å²) in [6, 6.07) is 1.92. The maximum atomic E-state index is 13.5. The van der Waals surface area contributed by atoms with E-state index >= 15 is 0 Å². The van der Waals surface area contributed by atoms with Crippen LogP contribution in [0.5, 0.6) is 0 Å². The van der Waals surface area contributed by atoms with Crippen LogP contribution in [0.2, 0.25) is 0 Å². The van der Waals surface area contributed by atoms with Gasteiger partial charge in [-0.05, 0) is 47.6 Å². The van der Waals surface area contributed by atoms with Gasteiger partial charge in [0.25, 0.3) is 5.69 Å². The Balaban J connectivity index is 3.45. The van der Waals surface area contributed by atoms with Gasteiger partial charge in [-0.25, -0.2) is 9.59 Å². The second-order valence-electron chi connectivity index (χ2n) is 7.79. The highest BCUT2D eigenvalue weighted by Gasteiger charge is 2.41. The van der Waals surface area contributed by atoms with Crippen LogP contribution in [0.3, 0.4) is 0 Å². The van der Waals surface area contributed by atoms with Gasteiger partial charge in [0.2, 0.25) is 0 Å². The topological polar surface area (TPSA) is 99.0 Å². The predicted octanol–water partition coefficient (Wildman–Crippen LogP) is 5.29. The minimum absolute atomic E-state index is 0.314. The van der Waals surface area contributed by atoms with Gasteiger partial charge in [-0.2, -0.15) is 13.2 Å². The SMILES string of the molecule is CC(C)(C)OC(=O)OC(=O)N(c1ccc([N+](=O)[O-])cc1C(F)(F)F)C(C)(C)C. The number of anilines is 1. The minimum Gasteiger partial charge on any atom is -0.428 e. The summed E-state index contributed by atoms with van der Waals surface area (Å²) in [4.78, 5) is 34.7. The van der Waals surface area contributed by atoms with Crippen molar-refractivity contribution >= 4 is 23.6 Å². The number of halogens is 3. The molecule has 0 saturated heterocycles. The van der Waals surface area contributed by atoms with Crippen LogP contribution in [0.1, 0.15) is 47.1 Å².